The fraction of sp³-hybridized carbons (Fsp3) is 0.429. The highest BCUT2D eigenvalue weighted by Gasteiger charge is 2.39. The number of aliphatic hydroxyl groups excluding tert-OH is 1. The van der Waals surface area contributed by atoms with Crippen LogP contribution in [0.5, 0.6) is 5.75 Å². The topological polar surface area (TPSA) is 77.6 Å². The van der Waals surface area contributed by atoms with Gasteiger partial charge in [-0.3, -0.25) is 0 Å². The van der Waals surface area contributed by atoms with E-state index in [9.17, 15) is 5.11 Å². The maximum atomic E-state index is 9.36. The molecule has 1 N–H and O–H groups in total. The lowest BCUT2D eigenvalue weighted by Crippen LogP contribution is -2.49. The lowest BCUT2D eigenvalue weighted by molar-refractivity contribution is -0.153. The van der Waals surface area contributed by atoms with E-state index in [2.05, 4.69) is 10.1 Å². The van der Waals surface area contributed by atoms with Gasteiger partial charge < -0.3 is 19.1 Å². The Morgan fingerprint density at radius 2 is 2.25 bits per heavy atom. The number of aryl methyl sites for hydroxylation is 1. The lowest BCUT2D eigenvalue weighted by atomic mass is 9.88. The van der Waals surface area contributed by atoms with Crippen LogP contribution in [0.2, 0.25) is 0 Å². The van der Waals surface area contributed by atoms with Crippen molar-refractivity contribution >= 4 is 0 Å². The summed E-state index contributed by atoms with van der Waals surface area (Å²) in [5.41, 5.74) is 0.570. The van der Waals surface area contributed by atoms with Crippen molar-refractivity contribution in [2.75, 3.05) is 26.4 Å². The second kappa shape index (κ2) is 5.22. The Kier molecular flexibility index (Phi) is 3.42. The minimum absolute atomic E-state index is 0.0662. The first-order valence-corrected chi connectivity index (χ1v) is 6.43. The zero-order valence-corrected chi connectivity index (χ0v) is 11.2. The Hall–Kier alpha value is -1.92. The van der Waals surface area contributed by atoms with Gasteiger partial charge >= 0.3 is 0 Å². The van der Waals surface area contributed by atoms with Crippen LogP contribution in [0, 0.1) is 12.3 Å². The molecule has 2 aromatic rings. The normalized spacial score (nSPS) is 16.7. The minimum atomic E-state index is -0.265. The molecule has 0 aliphatic carbocycles. The number of aliphatic hydroxyl groups is 1. The predicted molar refractivity (Wildman–Crippen MR) is 70.3 cm³/mol. The van der Waals surface area contributed by atoms with Gasteiger partial charge in [-0.25, -0.2) is 0 Å². The van der Waals surface area contributed by atoms with Crippen molar-refractivity contribution < 1.29 is 19.1 Å². The number of aromatic nitrogens is 2. The maximum absolute atomic E-state index is 9.36. The molecule has 1 fully saturated rings. The van der Waals surface area contributed by atoms with Crippen LogP contribution < -0.4 is 4.74 Å². The van der Waals surface area contributed by atoms with Crippen LogP contribution in [0.4, 0.5) is 0 Å². The van der Waals surface area contributed by atoms with Crippen molar-refractivity contribution in [2.24, 2.45) is 5.41 Å². The van der Waals surface area contributed by atoms with E-state index >= 15 is 0 Å². The Bertz CT molecular complexity index is 587. The molecule has 3 rings (SSSR count). The van der Waals surface area contributed by atoms with Gasteiger partial charge in [0.15, 0.2) is 0 Å². The molecule has 20 heavy (non-hydrogen) atoms. The van der Waals surface area contributed by atoms with Crippen LogP contribution in [0.3, 0.4) is 0 Å². The van der Waals surface area contributed by atoms with E-state index in [1.165, 1.54) is 0 Å². The Morgan fingerprint density at radius 3 is 2.85 bits per heavy atom. The van der Waals surface area contributed by atoms with Gasteiger partial charge in [0.05, 0.1) is 25.2 Å². The smallest absolute Gasteiger partial charge is 0.223 e. The van der Waals surface area contributed by atoms with Gasteiger partial charge in [-0.05, 0) is 12.1 Å². The van der Waals surface area contributed by atoms with Crippen molar-refractivity contribution in [3.63, 3.8) is 0 Å². The predicted octanol–water partition coefficient (Wildman–Crippen LogP) is 1.43. The molecule has 0 atom stereocenters. The van der Waals surface area contributed by atoms with Crippen LogP contribution >= 0.6 is 0 Å². The van der Waals surface area contributed by atoms with E-state index in [0.717, 1.165) is 5.56 Å². The largest absolute Gasteiger partial charge is 0.493 e. The van der Waals surface area contributed by atoms with Gasteiger partial charge in [0, 0.05) is 12.5 Å². The van der Waals surface area contributed by atoms with Crippen molar-refractivity contribution in [1.29, 1.82) is 0 Å². The van der Waals surface area contributed by atoms with Crippen LogP contribution in [-0.4, -0.2) is 41.7 Å². The number of ether oxygens (including phenoxy) is 2. The highest BCUT2D eigenvalue weighted by molar-refractivity contribution is 5.56. The van der Waals surface area contributed by atoms with E-state index in [-0.39, 0.29) is 12.0 Å². The Morgan fingerprint density at radius 1 is 1.40 bits per heavy atom. The third kappa shape index (κ3) is 2.52. The van der Waals surface area contributed by atoms with Gasteiger partial charge in [0.25, 0.3) is 0 Å². The van der Waals surface area contributed by atoms with E-state index in [1.807, 2.05) is 24.3 Å². The first kappa shape index (κ1) is 13.1. The molecule has 0 radical (unpaired) electrons. The van der Waals surface area contributed by atoms with Crippen LogP contribution in [0.15, 0.2) is 28.8 Å². The van der Waals surface area contributed by atoms with Crippen LogP contribution in [0.25, 0.3) is 11.4 Å². The molecule has 0 unspecified atom stereocenters. The number of rotatable bonds is 5. The average molecular weight is 276 g/mol. The summed E-state index contributed by atoms with van der Waals surface area (Å²) in [6.45, 7) is 3.31. The SMILES string of the molecule is Cc1nc(-c2cccc(OCC3(CO)COC3)c2)no1. The lowest BCUT2D eigenvalue weighted by Gasteiger charge is -2.39. The second-order valence-corrected chi connectivity index (χ2v) is 5.10. The summed E-state index contributed by atoms with van der Waals surface area (Å²) < 4.78 is 15.9. The fourth-order valence-electron chi connectivity index (χ4n) is 1.99. The van der Waals surface area contributed by atoms with Gasteiger partial charge in [-0.2, -0.15) is 4.98 Å². The van der Waals surface area contributed by atoms with E-state index in [1.54, 1.807) is 6.92 Å². The molecule has 0 bridgehead atoms. The molecular formula is C14H16N2O4. The second-order valence-electron chi connectivity index (χ2n) is 5.10. The Labute approximate surface area is 116 Å². The van der Waals surface area contributed by atoms with E-state index in [4.69, 9.17) is 14.0 Å². The number of hydrogen-bond acceptors (Lipinski definition) is 6. The number of hydrogen-bond donors (Lipinski definition) is 1. The summed E-state index contributed by atoms with van der Waals surface area (Å²) >= 11 is 0. The zero-order valence-electron chi connectivity index (χ0n) is 11.2. The number of benzene rings is 1. The summed E-state index contributed by atoms with van der Waals surface area (Å²) in [4.78, 5) is 4.18. The molecule has 6 nitrogen and oxygen atoms in total. The molecule has 1 aliphatic heterocycles. The van der Waals surface area contributed by atoms with Crippen molar-refractivity contribution in [2.45, 2.75) is 6.92 Å². The Balaban J connectivity index is 1.71. The van der Waals surface area contributed by atoms with Gasteiger partial charge in [0.2, 0.25) is 11.7 Å². The zero-order chi connectivity index (χ0) is 14.0. The minimum Gasteiger partial charge on any atom is -0.493 e. The molecule has 1 aromatic carbocycles. The molecule has 6 heteroatoms. The first-order chi connectivity index (χ1) is 9.71. The summed E-state index contributed by atoms with van der Waals surface area (Å²) in [6, 6.07) is 7.49. The van der Waals surface area contributed by atoms with Gasteiger partial charge in [-0.15, -0.1) is 0 Å². The van der Waals surface area contributed by atoms with Crippen LogP contribution in [-0.2, 0) is 4.74 Å². The molecular weight excluding hydrogens is 260 g/mol. The molecule has 0 amide bonds. The standard InChI is InChI=1S/C14H16N2O4/c1-10-15-13(16-20-10)11-3-2-4-12(5-11)19-9-14(6-17)7-18-8-14/h2-5,17H,6-9H2,1H3. The first-order valence-electron chi connectivity index (χ1n) is 6.43. The average Bonchev–Trinajstić information content (AvgIpc) is 2.85. The third-order valence-electron chi connectivity index (χ3n) is 3.32. The molecule has 1 saturated heterocycles. The van der Waals surface area contributed by atoms with Gasteiger partial charge in [-0.1, -0.05) is 17.3 Å². The van der Waals surface area contributed by atoms with Crippen molar-refractivity contribution in [1.82, 2.24) is 10.1 Å². The molecule has 0 spiro atoms. The highest BCUT2D eigenvalue weighted by Crippen LogP contribution is 2.29. The fourth-order valence-corrected chi connectivity index (χ4v) is 1.99. The summed E-state index contributed by atoms with van der Waals surface area (Å²) in [6.07, 6.45) is 0. The van der Waals surface area contributed by atoms with Crippen molar-refractivity contribution in [3.05, 3.63) is 30.2 Å². The van der Waals surface area contributed by atoms with E-state index in [0.29, 0.717) is 37.3 Å². The maximum Gasteiger partial charge on any atom is 0.223 e. The van der Waals surface area contributed by atoms with E-state index < -0.39 is 0 Å². The highest BCUT2D eigenvalue weighted by atomic mass is 16.5. The molecule has 1 aliphatic rings. The third-order valence-corrected chi connectivity index (χ3v) is 3.32. The van der Waals surface area contributed by atoms with Gasteiger partial charge in [0.1, 0.15) is 12.4 Å². The number of nitrogens with zero attached hydrogens (tertiary/aromatic N) is 2. The van der Waals surface area contributed by atoms with Crippen molar-refractivity contribution in [3.8, 4) is 17.1 Å². The molecule has 1 aromatic heterocycles. The quantitative estimate of drug-likeness (QED) is 0.890. The summed E-state index contributed by atoms with van der Waals surface area (Å²) in [5.74, 6) is 1.78. The van der Waals surface area contributed by atoms with Crippen LogP contribution in [0.1, 0.15) is 5.89 Å². The molecule has 0 saturated carbocycles. The molecule has 2 heterocycles. The summed E-state index contributed by atoms with van der Waals surface area (Å²) in [5, 5.41) is 13.2. The summed E-state index contributed by atoms with van der Waals surface area (Å²) in [7, 11) is 0. The molecule has 106 valence electrons. The monoisotopic (exact) mass is 276 g/mol.